The van der Waals surface area contributed by atoms with Gasteiger partial charge in [0.15, 0.2) is 0 Å². The van der Waals surface area contributed by atoms with E-state index in [1.165, 1.54) is 11.1 Å². The van der Waals surface area contributed by atoms with Gasteiger partial charge in [0.2, 0.25) is 5.91 Å². The minimum atomic E-state index is -0.855. The first-order chi connectivity index (χ1) is 14.3. The SMILES string of the molecule is Cc1ccc(C2CCN(C(=O)C(NC(O)c3cccc(C)c3C)C(C)C)CC2)cc1. The van der Waals surface area contributed by atoms with E-state index in [2.05, 4.69) is 36.5 Å². The molecule has 0 bridgehead atoms. The predicted octanol–water partition coefficient (Wildman–Crippen LogP) is 4.62. The molecule has 2 atom stereocenters. The number of hydrogen-bond acceptors (Lipinski definition) is 3. The number of nitrogens with one attached hydrogen (secondary N) is 1. The molecule has 4 heteroatoms. The van der Waals surface area contributed by atoms with Crippen LogP contribution < -0.4 is 5.32 Å². The van der Waals surface area contributed by atoms with Crippen LogP contribution in [0.4, 0.5) is 0 Å². The molecule has 30 heavy (non-hydrogen) atoms. The Morgan fingerprint density at radius 2 is 1.67 bits per heavy atom. The lowest BCUT2D eigenvalue weighted by molar-refractivity contribution is -0.136. The maximum atomic E-state index is 13.3. The number of nitrogens with zero attached hydrogens (tertiary/aromatic N) is 1. The van der Waals surface area contributed by atoms with Crippen molar-refractivity contribution in [2.75, 3.05) is 13.1 Å². The molecule has 0 aliphatic carbocycles. The highest BCUT2D eigenvalue weighted by atomic mass is 16.3. The van der Waals surface area contributed by atoms with E-state index in [1.807, 2.05) is 50.8 Å². The number of aliphatic hydroxyl groups excluding tert-OH is 1. The van der Waals surface area contributed by atoms with E-state index in [1.54, 1.807) is 0 Å². The zero-order valence-electron chi connectivity index (χ0n) is 19.0. The van der Waals surface area contributed by atoms with Crippen LogP contribution in [-0.2, 0) is 4.79 Å². The molecule has 2 unspecified atom stereocenters. The van der Waals surface area contributed by atoms with Crippen LogP contribution in [-0.4, -0.2) is 35.0 Å². The zero-order chi connectivity index (χ0) is 21.8. The smallest absolute Gasteiger partial charge is 0.240 e. The van der Waals surface area contributed by atoms with Gasteiger partial charge in [-0.15, -0.1) is 0 Å². The average molecular weight is 409 g/mol. The maximum Gasteiger partial charge on any atom is 0.240 e. The monoisotopic (exact) mass is 408 g/mol. The molecule has 2 aromatic rings. The lowest BCUT2D eigenvalue weighted by atomic mass is 9.88. The van der Waals surface area contributed by atoms with Crippen LogP contribution in [0.3, 0.4) is 0 Å². The lowest BCUT2D eigenvalue weighted by Gasteiger charge is -2.36. The molecule has 2 aromatic carbocycles. The summed E-state index contributed by atoms with van der Waals surface area (Å²) in [7, 11) is 0. The number of carbonyl (C=O) groups is 1. The number of amides is 1. The largest absolute Gasteiger partial charge is 0.374 e. The van der Waals surface area contributed by atoms with E-state index in [-0.39, 0.29) is 11.8 Å². The average Bonchev–Trinajstić information content (AvgIpc) is 2.74. The molecule has 2 N–H and O–H groups in total. The molecule has 0 spiro atoms. The van der Waals surface area contributed by atoms with Gasteiger partial charge in [0.05, 0.1) is 6.04 Å². The first kappa shape index (κ1) is 22.5. The number of likely N-dealkylation sites (tertiary alicyclic amines) is 1. The molecule has 1 fully saturated rings. The van der Waals surface area contributed by atoms with Crippen molar-refractivity contribution in [1.29, 1.82) is 0 Å². The van der Waals surface area contributed by atoms with Crippen LogP contribution in [0.2, 0.25) is 0 Å². The van der Waals surface area contributed by atoms with Crippen molar-refractivity contribution in [3.63, 3.8) is 0 Å². The maximum absolute atomic E-state index is 13.3. The number of carbonyl (C=O) groups excluding carboxylic acids is 1. The molecule has 162 valence electrons. The fraction of sp³-hybridized carbons (Fsp3) is 0.500. The number of piperidine rings is 1. The highest BCUT2D eigenvalue weighted by molar-refractivity contribution is 5.82. The summed E-state index contributed by atoms with van der Waals surface area (Å²) >= 11 is 0. The van der Waals surface area contributed by atoms with Gasteiger partial charge in [-0.1, -0.05) is 61.9 Å². The van der Waals surface area contributed by atoms with Gasteiger partial charge in [-0.25, -0.2) is 0 Å². The van der Waals surface area contributed by atoms with E-state index >= 15 is 0 Å². The molecule has 1 amide bonds. The van der Waals surface area contributed by atoms with Crippen molar-refractivity contribution >= 4 is 5.91 Å². The number of aryl methyl sites for hydroxylation is 2. The molecule has 0 saturated carbocycles. The summed E-state index contributed by atoms with van der Waals surface area (Å²) in [4.78, 5) is 15.3. The quantitative estimate of drug-likeness (QED) is 0.686. The molecule has 1 aliphatic rings. The Bertz CT molecular complexity index is 852. The van der Waals surface area contributed by atoms with Gasteiger partial charge in [0.25, 0.3) is 0 Å². The highest BCUT2D eigenvalue weighted by Crippen LogP contribution is 2.29. The molecular formula is C26H36N2O2. The van der Waals surface area contributed by atoms with Crippen molar-refractivity contribution in [1.82, 2.24) is 10.2 Å². The number of aliphatic hydroxyl groups is 1. The van der Waals surface area contributed by atoms with Gasteiger partial charge >= 0.3 is 0 Å². The van der Waals surface area contributed by atoms with Gasteiger partial charge in [0.1, 0.15) is 6.23 Å². The minimum absolute atomic E-state index is 0.0899. The molecule has 1 heterocycles. The Morgan fingerprint density at radius 1 is 1.03 bits per heavy atom. The molecule has 0 aromatic heterocycles. The lowest BCUT2D eigenvalue weighted by Crippen LogP contribution is -2.52. The highest BCUT2D eigenvalue weighted by Gasteiger charge is 2.32. The van der Waals surface area contributed by atoms with Crippen molar-refractivity contribution in [2.45, 2.75) is 65.6 Å². The molecule has 1 aliphatic heterocycles. The number of hydrogen-bond donors (Lipinski definition) is 2. The topological polar surface area (TPSA) is 52.6 Å². The van der Waals surface area contributed by atoms with E-state index in [0.717, 1.165) is 42.6 Å². The van der Waals surface area contributed by atoms with Crippen molar-refractivity contribution < 1.29 is 9.90 Å². The zero-order valence-corrected chi connectivity index (χ0v) is 19.0. The van der Waals surface area contributed by atoms with Crippen molar-refractivity contribution in [3.8, 4) is 0 Å². The molecule has 4 nitrogen and oxygen atoms in total. The molecule has 1 saturated heterocycles. The van der Waals surface area contributed by atoms with Crippen LogP contribution in [0, 0.1) is 26.7 Å². The molecule has 3 rings (SSSR count). The van der Waals surface area contributed by atoms with E-state index in [0.29, 0.717) is 5.92 Å². The summed E-state index contributed by atoms with van der Waals surface area (Å²) in [5, 5.41) is 14.0. The van der Waals surface area contributed by atoms with Crippen LogP contribution in [0.25, 0.3) is 0 Å². The van der Waals surface area contributed by atoms with Crippen LogP contribution in [0.5, 0.6) is 0 Å². The Morgan fingerprint density at radius 3 is 2.27 bits per heavy atom. The van der Waals surface area contributed by atoms with E-state index < -0.39 is 12.3 Å². The fourth-order valence-corrected chi connectivity index (χ4v) is 4.35. The normalized spacial score (nSPS) is 17.2. The predicted molar refractivity (Wildman–Crippen MR) is 122 cm³/mol. The van der Waals surface area contributed by atoms with Crippen molar-refractivity contribution in [2.24, 2.45) is 5.92 Å². The summed E-state index contributed by atoms with van der Waals surface area (Å²) < 4.78 is 0. The Hall–Kier alpha value is -2.17. The van der Waals surface area contributed by atoms with Gasteiger partial charge in [0, 0.05) is 13.1 Å². The Kier molecular flexibility index (Phi) is 7.32. The minimum Gasteiger partial charge on any atom is -0.374 e. The second-order valence-corrected chi connectivity index (χ2v) is 9.09. The third-order valence-corrected chi connectivity index (χ3v) is 6.57. The van der Waals surface area contributed by atoms with E-state index in [4.69, 9.17) is 0 Å². The third-order valence-electron chi connectivity index (χ3n) is 6.57. The van der Waals surface area contributed by atoms with Gasteiger partial charge in [-0.3, -0.25) is 10.1 Å². The van der Waals surface area contributed by atoms with Gasteiger partial charge in [-0.2, -0.15) is 0 Å². The standard InChI is InChI=1S/C26H36N2O2/c1-17(2)24(27-25(29)23-8-6-7-19(4)20(23)5)26(30)28-15-13-22(14-16-28)21-11-9-18(3)10-12-21/h6-12,17,22,24-25,27,29H,13-16H2,1-5H3. The van der Waals surface area contributed by atoms with Crippen molar-refractivity contribution in [3.05, 3.63) is 70.3 Å². The van der Waals surface area contributed by atoms with Crippen LogP contribution in [0.15, 0.2) is 42.5 Å². The Labute approximate surface area is 181 Å². The van der Waals surface area contributed by atoms with Gasteiger partial charge in [-0.05, 0) is 67.7 Å². The first-order valence-corrected chi connectivity index (χ1v) is 11.1. The van der Waals surface area contributed by atoms with E-state index in [9.17, 15) is 9.90 Å². The number of rotatable bonds is 6. The van der Waals surface area contributed by atoms with Crippen LogP contribution >= 0.6 is 0 Å². The van der Waals surface area contributed by atoms with Crippen LogP contribution in [0.1, 0.15) is 66.7 Å². The second kappa shape index (κ2) is 9.76. The summed E-state index contributed by atoms with van der Waals surface area (Å²) in [5.41, 5.74) is 5.69. The summed E-state index contributed by atoms with van der Waals surface area (Å²) in [5.74, 6) is 0.699. The summed E-state index contributed by atoms with van der Waals surface area (Å²) in [6.45, 7) is 11.8. The van der Waals surface area contributed by atoms with Gasteiger partial charge < -0.3 is 10.0 Å². The third kappa shape index (κ3) is 5.11. The number of benzene rings is 2. The summed E-state index contributed by atoms with van der Waals surface area (Å²) in [6.07, 6.45) is 1.12. The first-order valence-electron chi connectivity index (χ1n) is 11.1. The molecular weight excluding hydrogens is 372 g/mol. The second-order valence-electron chi connectivity index (χ2n) is 9.09. The fourth-order valence-electron chi connectivity index (χ4n) is 4.35. The Balaban J connectivity index is 1.64. The summed E-state index contributed by atoms with van der Waals surface area (Å²) in [6, 6.07) is 14.3. The molecule has 0 radical (unpaired) electrons.